The summed E-state index contributed by atoms with van der Waals surface area (Å²) in [6.07, 6.45) is 1.64. The predicted octanol–water partition coefficient (Wildman–Crippen LogP) is 2.63. The lowest BCUT2D eigenvalue weighted by molar-refractivity contribution is 0.103. The number of ether oxygens (including phenoxy) is 2. The van der Waals surface area contributed by atoms with Crippen molar-refractivity contribution in [2.24, 2.45) is 0 Å². The number of anilines is 1. The molecule has 26 heavy (non-hydrogen) atoms. The summed E-state index contributed by atoms with van der Waals surface area (Å²) in [5, 5.41) is 2.85. The molecule has 1 aromatic carbocycles. The van der Waals surface area contributed by atoms with Gasteiger partial charge in [-0.15, -0.1) is 11.3 Å². The van der Waals surface area contributed by atoms with Gasteiger partial charge >= 0.3 is 0 Å². The highest BCUT2D eigenvalue weighted by Crippen LogP contribution is 2.38. The van der Waals surface area contributed by atoms with Crippen LogP contribution in [0.5, 0.6) is 11.5 Å². The van der Waals surface area contributed by atoms with Crippen molar-refractivity contribution in [3.63, 3.8) is 0 Å². The standard InChI is InChI=1S/C16H17BrN2O5S2/c1-26(21,22)18-5-4-10-2-3-15(25-10)16(20)19-12-9-14-13(8-11(12)17)23-6-7-24-14/h2-3,8-9,18H,4-7H2,1H3,(H,19,20). The van der Waals surface area contributed by atoms with Crippen molar-refractivity contribution in [1.29, 1.82) is 0 Å². The van der Waals surface area contributed by atoms with E-state index in [0.29, 0.717) is 52.7 Å². The van der Waals surface area contributed by atoms with E-state index in [1.807, 2.05) is 6.07 Å². The van der Waals surface area contributed by atoms with E-state index in [1.54, 1.807) is 18.2 Å². The highest BCUT2D eigenvalue weighted by molar-refractivity contribution is 9.10. The molecule has 2 N–H and O–H groups in total. The fourth-order valence-electron chi connectivity index (χ4n) is 2.34. The Morgan fingerprint density at radius 2 is 1.92 bits per heavy atom. The largest absolute Gasteiger partial charge is 0.486 e. The average Bonchev–Trinajstić information content (AvgIpc) is 3.03. The van der Waals surface area contributed by atoms with Gasteiger partial charge in [-0.1, -0.05) is 0 Å². The van der Waals surface area contributed by atoms with Gasteiger partial charge in [0.15, 0.2) is 11.5 Å². The fourth-order valence-corrected chi connectivity index (χ4v) is 4.13. The fraction of sp³-hybridized carbons (Fsp3) is 0.312. The number of hydrogen-bond donors (Lipinski definition) is 2. The molecule has 0 unspecified atom stereocenters. The maximum atomic E-state index is 12.5. The van der Waals surface area contributed by atoms with E-state index in [-0.39, 0.29) is 5.91 Å². The molecule has 1 aliphatic heterocycles. The molecule has 0 fully saturated rings. The summed E-state index contributed by atoms with van der Waals surface area (Å²) in [4.78, 5) is 13.9. The normalized spacial score (nSPS) is 13.5. The Morgan fingerprint density at radius 1 is 1.23 bits per heavy atom. The minimum Gasteiger partial charge on any atom is -0.486 e. The summed E-state index contributed by atoms with van der Waals surface area (Å²) in [6.45, 7) is 1.27. The van der Waals surface area contributed by atoms with Crippen LogP contribution in [0.2, 0.25) is 0 Å². The molecule has 3 rings (SSSR count). The molecule has 7 nitrogen and oxygen atoms in total. The van der Waals surface area contributed by atoms with Crippen LogP contribution < -0.4 is 19.5 Å². The lowest BCUT2D eigenvalue weighted by Crippen LogP contribution is -2.24. The van der Waals surface area contributed by atoms with Crippen LogP contribution >= 0.6 is 27.3 Å². The Morgan fingerprint density at radius 3 is 2.62 bits per heavy atom. The van der Waals surface area contributed by atoms with Gasteiger partial charge in [-0.25, -0.2) is 13.1 Å². The molecule has 0 saturated heterocycles. The Balaban J connectivity index is 1.65. The van der Waals surface area contributed by atoms with Crippen molar-refractivity contribution in [3.05, 3.63) is 38.5 Å². The zero-order chi connectivity index (χ0) is 18.7. The topological polar surface area (TPSA) is 93.7 Å². The second-order valence-corrected chi connectivity index (χ2v) is 9.47. The van der Waals surface area contributed by atoms with Gasteiger partial charge in [-0.2, -0.15) is 0 Å². The third-order valence-corrected chi connectivity index (χ3v) is 6.03. The maximum absolute atomic E-state index is 12.5. The number of hydrogen-bond acceptors (Lipinski definition) is 6. The van der Waals surface area contributed by atoms with Gasteiger partial charge in [-0.05, 0) is 34.5 Å². The van der Waals surface area contributed by atoms with E-state index in [9.17, 15) is 13.2 Å². The van der Waals surface area contributed by atoms with Crippen LogP contribution in [0.3, 0.4) is 0 Å². The highest BCUT2D eigenvalue weighted by Gasteiger charge is 2.17. The second kappa shape index (κ2) is 7.95. The van der Waals surface area contributed by atoms with Gasteiger partial charge in [0, 0.05) is 28.0 Å². The van der Waals surface area contributed by atoms with Crippen molar-refractivity contribution in [2.75, 3.05) is 31.3 Å². The zero-order valence-electron chi connectivity index (χ0n) is 13.9. The molecule has 1 aromatic heterocycles. The van der Waals surface area contributed by atoms with Gasteiger partial charge in [0.05, 0.1) is 16.8 Å². The summed E-state index contributed by atoms with van der Waals surface area (Å²) < 4.78 is 36.3. The molecule has 1 aliphatic rings. The first kappa shape index (κ1) is 19.2. The molecule has 0 radical (unpaired) electrons. The lowest BCUT2D eigenvalue weighted by atomic mass is 10.2. The van der Waals surface area contributed by atoms with Crippen molar-refractivity contribution in [1.82, 2.24) is 4.72 Å². The SMILES string of the molecule is CS(=O)(=O)NCCc1ccc(C(=O)Nc2cc3c(cc2Br)OCCO3)s1. The first-order valence-corrected chi connectivity index (χ1v) is 11.3. The summed E-state index contributed by atoms with van der Waals surface area (Å²) in [5.41, 5.74) is 0.591. The quantitative estimate of drug-likeness (QED) is 0.690. The minimum atomic E-state index is -3.21. The molecule has 0 spiro atoms. The summed E-state index contributed by atoms with van der Waals surface area (Å²) in [5.74, 6) is 0.987. The van der Waals surface area contributed by atoms with Gasteiger partial charge in [0.1, 0.15) is 13.2 Å². The molecule has 10 heteroatoms. The highest BCUT2D eigenvalue weighted by atomic mass is 79.9. The first-order valence-electron chi connectivity index (χ1n) is 7.76. The molecule has 0 atom stereocenters. The lowest BCUT2D eigenvalue weighted by Gasteiger charge is -2.20. The van der Waals surface area contributed by atoms with Crippen LogP contribution in [0.4, 0.5) is 5.69 Å². The number of sulfonamides is 1. The van der Waals surface area contributed by atoms with Gasteiger partial charge < -0.3 is 14.8 Å². The van der Waals surface area contributed by atoms with E-state index >= 15 is 0 Å². The number of amides is 1. The van der Waals surface area contributed by atoms with Gasteiger partial charge in [-0.3, -0.25) is 4.79 Å². The van der Waals surface area contributed by atoms with E-state index in [1.165, 1.54) is 11.3 Å². The Bertz CT molecular complexity index is 927. The van der Waals surface area contributed by atoms with E-state index in [0.717, 1.165) is 11.1 Å². The van der Waals surface area contributed by atoms with Crippen LogP contribution in [0.1, 0.15) is 14.5 Å². The molecule has 2 aromatic rings. The molecular formula is C16H17BrN2O5S2. The number of carbonyl (C=O) groups excluding carboxylic acids is 1. The van der Waals surface area contributed by atoms with Crippen LogP contribution in [-0.2, 0) is 16.4 Å². The van der Waals surface area contributed by atoms with Crippen molar-refractivity contribution >= 4 is 48.9 Å². The van der Waals surface area contributed by atoms with Crippen LogP contribution in [-0.4, -0.2) is 40.3 Å². The van der Waals surface area contributed by atoms with Crippen molar-refractivity contribution < 1.29 is 22.7 Å². The number of nitrogens with one attached hydrogen (secondary N) is 2. The summed E-state index contributed by atoms with van der Waals surface area (Å²) in [7, 11) is -3.21. The number of rotatable bonds is 6. The zero-order valence-corrected chi connectivity index (χ0v) is 17.1. The molecule has 2 heterocycles. The third kappa shape index (κ3) is 4.97. The van der Waals surface area contributed by atoms with E-state index < -0.39 is 10.0 Å². The van der Waals surface area contributed by atoms with E-state index in [4.69, 9.17) is 9.47 Å². The van der Waals surface area contributed by atoms with Crippen molar-refractivity contribution in [3.8, 4) is 11.5 Å². The second-order valence-electron chi connectivity index (χ2n) is 5.61. The molecule has 140 valence electrons. The number of fused-ring (bicyclic) bond motifs is 1. The van der Waals surface area contributed by atoms with E-state index in [2.05, 4.69) is 26.0 Å². The van der Waals surface area contributed by atoms with Crippen molar-refractivity contribution in [2.45, 2.75) is 6.42 Å². The number of thiophene rings is 1. The van der Waals surface area contributed by atoms with Crippen LogP contribution in [0.15, 0.2) is 28.7 Å². The number of halogens is 1. The molecule has 0 saturated carbocycles. The predicted molar refractivity (Wildman–Crippen MR) is 104 cm³/mol. The average molecular weight is 461 g/mol. The summed E-state index contributed by atoms with van der Waals surface area (Å²) >= 11 is 4.75. The number of carbonyl (C=O) groups is 1. The Hall–Kier alpha value is -1.62. The summed E-state index contributed by atoms with van der Waals surface area (Å²) in [6, 6.07) is 7.03. The van der Waals surface area contributed by atoms with Crippen LogP contribution in [0.25, 0.3) is 0 Å². The first-order chi connectivity index (χ1) is 12.3. The Labute approximate surface area is 163 Å². The molecule has 0 bridgehead atoms. The monoisotopic (exact) mass is 460 g/mol. The van der Waals surface area contributed by atoms with Gasteiger partial charge in [0.2, 0.25) is 10.0 Å². The smallest absolute Gasteiger partial charge is 0.265 e. The van der Waals surface area contributed by atoms with Gasteiger partial charge in [0.25, 0.3) is 5.91 Å². The molecular weight excluding hydrogens is 444 g/mol. The molecule has 0 aliphatic carbocycles. The minimum absolute atomic E-state index is 0.241. The Kier molecular flexibility index (Phi) is 5.86. The van der Waals surface area contributed by atoms with Crippen LogP contribution in [0, 0.1) is 0 Å². The molecule has 1 amide bonds. The maximum Gasteiger partial charge on any atom is 0.265 e. The third-order valence-electron chi connectivity index (χ3n) is 3.50. The number of benzene rings is 1.